The fourth-order valence-corrected chi connectivity index (χ4v) is 2.13. The van der Waals surface area contributed by atoms with Gasteiger partial charge in [-0.05, 0) is 12.5 Å². The van der Waals surface area contributed by atoms with Gasteiger partial charge in [-0.15, -0.1) is 0 Å². The van der Waals surface area contributed by atoms with Crippen LogP contribution in [0.1, 0.15) is 39.5 Å². The third kappa shape index (κ3) is 24.6. The zero-order valence-electron chi connectivity index (χ0n) is 8.77. The van der Waals surface area contributed by atoms with Gasteiger partial charge in [-0.3, -0.25) is 0 Å². The molecule has 0 fully saturated rings. The van der Waals surface area contributed by atoms with Crippen molar-refractivity contribution in [1.29, 1.82) is 5.41 Å². The molecule has 0 aliphatic heterocycles. The minimum absolute atomic E-state index is 0.120. The van der Waals surface area contributed by atoms with Gasteiger partial charge in [0.05, 0.1) is 0 Å². The monoisotopic (exact) mass is 203 g/mol. The molecule has 0 bridgehead atoms. The lowest BCUT2D eigenvalue weighted by molar-refractivity contribution is 0.334. The van der Waals surface area contributed by atoms with Gasteiger partial charge in [0.15, 0.2) is 9.76 Å². The van der Waals surface area contributed by atoms with Crippen LogP contribution in [0.4, 0.5) is 0 Å². The Bertz CT molecular complexity index is 106. The van der Waals surface area contributed by atoms with E-state index in [9.17, 15) is 0 Å². The number of carbonyl (C=O) groups excluding carboxylic acids is 1. The van der Waals surface area contributed by atoms with Gasteiger partial charge in [0.2, 0.25) is 6.08 Å². The number of nitrogens with one attached hydrogen (secondary N) is 1. The highest BCUT2D eigenvalue weighted by molar-refractivity contribution is 6.26. The van der Waals surface area contributed by atoms with Crippen LogP contribution in [0.25, 0.3) is 0 Å². The van der Waals surface area contributed by atoms with Crippen molar-refractivity contribution < 1.29 is 9.22 Å². The largest absolute Gasteiger partial charge is 0.424 e. The summed E-state index contributed by atoms with van der Waals surface area (Å²) in [5.74, 6) is 0. The number of isocyanates is 1. The average molecular weight is 203 g/mol. The molecule has 0 aliphatic rings. The van der Waals surface area contributed by atoms with E-state index in [2.05, 4.69) is 13.8 Å². The van der Waals surface area contributed by atoms with Crippen molar-refractivity contribution in [2.45, 2.75) is 45.6 Å². The van der Waals surface area contributed by atoms with E-state index >= 15 is 0 Å². The van der Waals surface area contributed by atoms with Crippen molar-refractivity contribution in [2.24, 2.45) is 0 Å². The first-order valence-corrected chi connectivity index (χ1v) is 6.52. The molecule has 0 amide bonds. The Hall–Kier alpha value is -0.443. The minimum Gasteiger partial charge on any atom is -0.424 e. The predicted molar refractivity (Wildman–Crippen MR) is 57.5 cm³/mol. The third-order valence-corrected chi connectivity index (χ3v) is 2.86. The zero-order valence-corrected chi connectivity index (χ0v) is 10.2. The van der Waals surface area contributed by atoms with Crippen LogP contribution in [0.2, 0.25) is 6.04 Å². The molecular weight excluding hydrogens is 182 g/mol. The second kappa shape index (κ2) is 17.6. The highest BCUT2D eigenvalue weighted by Gasteiger charge is 1.88. The molecule has 0 heterocycles. The summed E-state index contributed by atoms with van der Waals surface area (Å²) >= 11 is 0. The zero-order chi connectivity index (χ0) is 10.4. The molecule has 0 saturated heterocycles. The smallest absolute Gasteiger partial charge is 0.231 e. The summed E-state index contributed by atoms with van der Waals surface area (Å²) in [7, 11) is -0.120. The van der Waals surface area contributed by atoms with Crippen molar-refractivity contribution >= 4 is 15.8 Å². The minimum atomic E-state index is -0.120. The van der Waals surface area contributed by atoms with Crippen LogP contribution >= 0.6 is 0 Å². The lowest BCUT2D eigenvalue weighted by Gasteiger charge is -1.99. The highest BCUT2D eigenvalue weighted by atomic mass is 28.2. The van der Waals surface area contributed by atoms with Crippen LogP contribution in [-0.4, -0.2) is 22.4 Å². The molecule has 0 radical (unpaired) electrons. The number of hydrogen-bond donors (Lipinski definition) is 1. The van der Waals surface area contributed by atoms with E-state index in [4.69, 9.17) is 14.6 Å². The van der Waals surface area contributed by atoms with E-state index in [0.717, 1.165) is 12.7 Å². The fraction of sp³-hybridized carbons (Fsp3) is 0.889. The van der Waals surface area contributed by atoms with Crippen LogP contribution in [0.5, 0.6) is 0 Å². The third-order valence-electron chi connectivity index (χ3n) is 1.49. The van der Waals surface area contributed by atoms with Crippen LogP contribution in [-0.2, 0) is 9.22 Å². The molecule has 1 N–H and O–H groups in total. The topological polar surface area (TPSA) is 50.1 Å². The summed E-state index contributed by atoms with van der Waals surface area (Å²) in [4.78, 5) is 8.35. The molecule has 0 aliphatic carbocycles. The first-order valence-electron chi connectivity index (χ1n) is 4.95. The first kappa shape index (κ1) is 15.0. The van der Waals surface area contributed by atoms with Gasteiger partial charge in [-0.25, -0.2) is 10.2 Å². The number of unbranched alkanes of at least 4 members (excludes halogenated alkanes) is 2. The standard InChI is InChI=1S/C8H20OSi.CHNO/c1-3-5-6-8-10-9-7-4-2;2-1-3/h3-8,10H2,1-2H3;2H. The van der Waals surface area contributed by atoms with Gasteiger partial charge in [-0.2, -0.15) is 0 Å². The molecule has 0 atom stereocenters. The van der Waals surface area contributed by atoms with Crippen LogP contribution in [0.3, 0.4) is 0 Å². The first-order chi connectivity index (χ1) is 6.33. The lowest BCUT2D eigenvalue weighted by atomic mass is 10.3. The Labute approximate surface area is 83.3 Å². The Balaban J connectivity index is 0. The van der Waals surface area contributed by atoms with Gasteiger partial charge in [0.25, 0.3) is 0 Å². The van der Waals surface area contributed by atoms with Gasteiger partial charge >= 0.3 is 0 Å². The van der Waals surface area contributed by atoms with Crippen molar-refractivity contribution in [1.82, 2.24) is 0 Å². The lowest BCUT2D eigenvalue weighted by Crippen LogP contribution is -1.98. The summed E-state index contributed by atoms with van der Waals surface area (Å²) in [5, 5.41) is 5.40. The molecule has 0 unspecified atom stereocenters. The normalized spacial score (nSPS) is 9.38. The van der Waals surface area contributed by atoms with Gasteiger partial charge in [0.1, 0.15) is 0 Å². The molecule has 13 heavy (non-hydrogen) atoms. The summed E-state index contributed by atoms with van der Waals surface area (Å²) in [6.45, 7) is 5.41. The molecule has 0 aromatic carbocycles. The van der Waals surface area contributed by atoms with Crippen LogP contribution in [0, 0.1) is 5.41 Å². The molecule has 0 rings (SSSR count). The average Bonchev–Trinajstić information content (AvgIpc) is 2.13. The maximum atomic E-state index is 8.35. The quantitative estimate of drug-likeness (QED) is 0.298. The number of rotatable bonds is 7. The van der Waals surface area contributed by atoms with E-state index in [0.29, 0.717) is 0 Å². The molecule has 4 heteroatoms. The molecule has 0 spiro atoms. The van der Waals surface area contributed by atoms with Gasteiger partial charge < -0.3 is 4.43 Å². The molecule has 0 saturated carbocycles. The molecule has 3 nitrogen and oxygen atoms in total. The number of hydrogen-bond acceptors (Lipinski definition) is 3. The van der Waals surface area contributed by atoms with E-state index in [-0.39, 0.29) is 9.76 Å². The van der Waals surface area contributed by atoms with E-state index in [1.165, 1.54) is 31.7 Å². The summed E-state index contributed by atoms with van der Waals surface area (Å²) in [5.41, 5.74) is 0. The molecule has 78 valence electrons. The van der Waals surface area contributed by atoms with E-state index in [1.807, 2.05) is 0 Å². The second-order valence-electron chi connectivity index (χ2n) is 2.78. The van der Waals surface area contributed by atoms with Gasteiger partial charge in [0, 0.05) is 6.61 Å². The van der Waals surface area contributed by atoms with Crippen molar-refractivity contribution in [3.8, 4) is 0 Å². The van der Waals surface area contributed by atoms with Crippen molar-refractivity contribution in [2.75, 3.05) is 6.61 Å². The molecule has 0 aromatic rings. The van der Waals surface area contributed by atoms with Crippen LogP contribution < -0.4 is 0 Å². The summed E-state index contributed by atoms with van der Waals surface area (Å²) < 4.78 is 5.47. The Kier molecular flexibility index (Phi) is 20.4. The Morgan fingerprint density at radius 1 is 1.31 bits per heavy atom. The highest BCUT2D eigenvalue weighted by Crippen LogP contribution is 1.98. The Morgan fingerprint density at radius 2 is 1.92 bits per heavy atom. The molecule has 0 aromatic heterocycles. The second-order valence-corrected chi connectivity index (χ2v) is 4.30. The van der Waals surface area contributed by atoms with Crippen molar-refractivity contribution in [3.63, 3.8) is 0 Å². The van der Waals surface area contributed by atoms with E-state index < -0.39 is 0 Å². The van der Waals surface area contributed by atoms with Crippen molar-refractivity contribution in [3.05, 3.63) is 0 Å². The van der Waals surface area contributed by atoms with Gasteiger partial charge in [-0.1, -0.05) is 33.1 Å². The molecular formula is C9H21NO2Si. The maximum absolute atomic E-state index is 8.35. The maximum Gasteiger partial charge on any atom is 0.231 e. The summed E-state index contributed by atoms with van der Waals surface area (Å²) in [6, 6.07) is 1.38. The van der Waals surface area contributed by atoms with E-state index in [1.54, 1.807) is 0 Å². The summed E-state index contributed by atoms with van der Waals surface area (Å²) in [6.07, 6.45) is 6.05. The predicted octanol–water partition coefficient (Wildman–Crippen LogP) is 2.01. The Morgan fingerprint density at radius 3 is 2.38 bits per heavy atom. The van der Waals surface area contributed by atoms with Crippen LogP contribution in [0.15, 0.2) is 0 Å². The SMILES string of the molecule is CCCCC[SiH2]OCCC.N=C=O. The fourth-order valence-electron chi connectivity index (χ4n) is 0.877.